The van der Waals surface area contributed by atoms with Gasteiger partial charge in [-0.3, -0.25) is 4.79 Å². The number of amides is 1. The van der Waals surface area contributed by atoms with Gasteiger partial charge >= 0.3 is 0 Å². The second-order valence-electron chi connectivity index (χ2n) is 4.66. The van der Waals surface area contributed by atoms with Gasteiger partial charge in [0.1, 0.15) is 5.75 Å². The zero-order valence-corrected chi connectivity index (χ0v) is 11.1. The van der Waals surface area contributed by atoms with Gasteiger partial charge in [0.2, 0.25) is 5.91 Å². The SMILES string of the molecule is CN(C)C(=O)C1=CC=CC(c2cccc(O)c2)=CC1. The lowest BCUT2D eigenvalue weighted by molar-refractivity contribution is -0.124. The summed E-state index contributed by atoms with van der Waals surface area (Å²) >= 11 is 0. The maximum Gasteiger partial charge on any atom is 0.249 e. The molecule has 0 atom stereocenters. The lowest BCUT2D eigenvalue weighted by Crippen LogP contribution is -2.23. The molecule has 3 heteroatoms. The second kappa shape index (κ2) is 5.57. The van der Waals surface area contributed by atoms with Crippen LogP contribution in [0.3, 0.4) is 0 Å². The maximum absolute atomic E-state index is 11.9. The highest BCUT2D eigenvalue weighted by atomic mass is 16.3. The Bertz CT molecular complexity index is 580. The average Bonchev–Trinajstić information content (AvgIpc) is 2.63. The van der Waals surface area contributed by atoms with Crippen molar-refractivity contribution in [1.29, 1.82) is 0 Å². The molecule has 0 fully saturated rings. The van der Waals surface area contributed by atoms with Crippen LogP contribution in [0.5, 0.6) is 5.75 Å². The number of rotatable bonds is 2. The van der Waals surface area contributed by atoms with E-state index in [1.807, 2.05) is 36.4 Å². The number of carbonyl (C=O) groups is 1. The number of aromatic hydroxyl groups is 1. The number of hydrogen-bond acceptors (Lipinski definition) is 2. The quantitative estimate of drug-likeness (QED) is 0.882. The van der Waals surface area contributed by atoms with E-state index in [1.165, 1.54) is 0 Å². The molecule has 0 aliphatic heterocycles. The van der Waals surface area contributed by atoms with Crippen molar-refractivity contribution in [3.8, 4) is 5.75 Å². The Labute approximate surface area is 113 Å². The van der Waals surface area contributed by atoms with E-state index >= 15 is 0 Å². The fraction of sp³-hybridized carbons (Fsp3) is 0.188. The van der Waals surface area contributed by atoms with Crippen LogP contribution in [0.1, 0.15) is 12.0 Å². The first-order valence-corrected chi connectivity index (χ1v) is 6.16. The first kappa shape index (κ1) is 13.1. The molecule has 0 saturated carbocycles. The van der Waals surface area contributed by atoms with E-state index in [0.717, 1.165) is 16.7 Å². The molecule has 1 aliphatic carbocycles. The van der Waals surface area contributed by atoms with Crippen molar-refractivity contribution in [2.45, 2.75) is 6.42 Å². The lowest BCUT2D eigenvalue weighted by atomic mass is 10.0. The minimum atomic E-state index is 0.0260. The van der Waals surface area contributed by atoms with Crippen molar-refractivity contribution in [2.24, 2.45) is 0 Å². The molecule has 1 N–H and O–H groups in total. The molecule has 0 bridgehead atoms. The lowest BCUT2D eigenvalue weighted by Gasteiger charge is -2.11. The summed E-state index contributed by atoms with van der Waals surface area (Å²) in [4.78, 5) is 13.5. The van der Waals surface area contributed by atoms with E-state index in [4.69, 9.17) is 0 Å². The van der Waals surface area contributed by atoms with Gasteiger partial charge in [0.05, 0.1) is 0 Å². The predicted octanol–water partition coefficient (Wildman–Crippen LogP) is 2.75. The first-order chi connectivity index (χ1) is 9.08. The maximum atomic E-state index is 11.9. The van der Waals surface area contributed by atoms with E-state index in [-0.39, 0.29) is 11.7 Å². The van der Waals surface area contributed by atoms with Gasteiger partial charge in [0, 0.05) is 19.7 Å². The van der Waals surface area contributed by atoms with E-state index in [9.17, 15) is 9.90 Å². The number of phenols is 1. The summed E-state index contributed by atoms with van der Waals surface area (Å²) in [5, 5.41) is 9.50. The molecule has 19 heavy (non-hydrogen) atoms. The topological polar surface area (TPSA) is 40.5 Å². The summed E-state index contributed by atoms with van der Waals surface area (Å²) < 4.78 is 0. The standard InChI is InChI=1S/C16H17NO2/c1-17(2)16(19)13-6-3-5-12(9-10-13)14-7-4-8-15(18)11-14/h3-9,11,18H,10H2,1-2H3. The number of allylic oxidation sites excluding steroid dienone is 5. The van der Waals surface area contributed by atoms with E-state index in [1.54, 1.807) is 31.1 Å². The molecular formula is C16H17NO2. The van der Waals surface area contributed by atoms with Crippen LogP contribution in [-0.2, 0) is 4.79 Å². The van der Waals surface area contributed by atoms with Gasteiger partial charge in [-0.05, 0) is 29.7 Å². The molecule has 0 spiro atoms. The van der Waals surface area contributed by atoms with Gasteiger partial charge in [-0.1, -0.05) is 36.4 Å². The van der Waals surface area contributed by atoms with Crippen LogP contribution < -0.4 is 0 Å². The van der Waals surface area contributed by atoms with Gasteiger partial charge in [0.15, 0.2) is 0 Å². The van der Waals surface area contributed by atoms with E-state index in [2.05, 4.69) is 0 Å². The molecular weight excluding hydrogens is 238 g/mol. The van der Waals surface area contributed by atoms with Gasteiger partial charge in [-0.25, -0.2) is 0 Å². The molecule has 2 rings (SSSR count). The minimum absolute atomic E-state index is 0.0260. The van der Waals surface area contributed by atoms with E-state index in [0.29, 0.717) is 6.42 Å². The molecule has 0 unspecified atom stereocenters. The van der Waals surface area contributed by atoms with Crippen LogP contribution in [0, 0.1) is 0 Å². The van der Waals surface area contributed by atoms with Crippen LogP contribution >= 0.6 is 0 Å². The Morgan fingerprint density at radius 2 is 2.11 bits per heavy atom. The molecule has 3 nitrogen and oxygen atoms in total. The number of phenolic OH excluding ortho intramolecular Hbond substituents is 1. The summed E-state index contributed by atoms with van der Waals surface area (Å²) in [6, 6.07) is 7.11. The third kappa shape index (κ3) is 3.13. The highest BCUT2D eigenvalue weighted by Gasteiger charge is 2.11. The Balaban J connectivity index is 2.23. The normalized spacial score (nSPS) is 14.4. The van der Waals surface area contributed by atoms with Crippen molar-refractivity contribution >= 4 is 11.5 Å². The fourth-order valence-corrected chi connectivity index (χ4v) is 1.97. The molecule has 98 valence electrons. The fourth-order valence-electron chi connectivity index (χ4n) is 1.97. The van der Waals surface area contributed by atoms with Crippen LogP contribution in [0.15, 0.2) is 54.1 Å². The monoisotopic (exact) mass is 255 g/mol. The van der Waals surface area contributed by atoms with Gasteiger partial charge in [-0.2, -0.15) is 0 Å². The molecule has 1 aromatic carbocycles. The number of benzene rings is 1. The smallest absolute Gasteiger partial charge is 0.249 e. The number of nitrogens with zero attached hydrogens (tertiary/aromatic N) is 1. The zero-order chi connectivity index (χ0) is 13.8. The Morgan fingerprint density at radius 1 is 1.32 bits per heavy atom. The molecule has 1 aromatic rings. The molecule has 0 heterocycles. The second-order valence-corrected chi connectivity index (χ2v) is 4.66. The third-order valence-electron chi connectivity index (χ3n) is 2.98. The van der Waals surface area contributed by atoms with Crippen molar-refractivity contribution in [1.82, 2.24) is 4.90 Å². The summed E-state index contributed by atoms with van der Waals surface area (Å²) in [5.41, 5.74) is 2.72. The third-order valence-corrected chi connectivity index (χ3v) is 2.98. The highest BCUT2D eigenvalue weighted by molar-refractivity contribution is 5.94. The molecule has 0 aromatic heterocycles. The largest absolute Gasteiger partial charge is 0.508 e. The Morgan fingerprint density at radius 3 is 2.79 bits per heavy atom. The highest BCUT2D eigenvalue weighted by Crippen LogP contribution is 2.24. The molecule has 1 amide bonds. The van der Waals surface area contributed by atoms with Crippen LogP contribution in [0.4, 0.5) is 0 Å². The van der Waals surface area contributed by atoms with Crippen LogP contribution in [0.25, 0.3) is 5.57 Å². The number of likely N-dealkylation sites (N-methyl/N-ethyl adjacent to an activating group) is 1. The summed E-state index contributed by atoms with van der Waals surface area (Å²) in [5.74, 6) is 0.270. The molecule has 0 radical (unpaired) electrons. The van der Waals surface area contributed by atoms with Crippen molar-refractivity contribution in [2.75, 3.05) is 14.1 Å². The van der Waals surface area contributed by atoms with Crippen LogP contribution in [-0.4, -0.2) is 30.0 Å². The van der Waals surface area contributed by atoms with Crippen LogP contribution in [0.2, 0.25) is 0 Å². The predicted molar refractivity (Wildman–Crippen MR) is 76.6 cm³/mol. The molecule has 1 aliphatic rings. The summed E-state index contributed by atoms with van der Waals surface area (Å²) in [6.45, 7) is 0. The zero-order valence-electron chi connectivity index (χ0n) is 11.1. The van der Waals surface area contributed by atoms with Crippen molar-refractivity contribution in [3.63, 3.8) is 0 Å². The summed E-state index contributed by atoms with van der Waals surface area (Å²) in [7, 11) is 3.50. The number of hydrogen-bond donors (Lipinski definition) is 1. The minimum Gasteiger partial charge on any atom is -0.508 e. The number of carbonyl (C=O) groups excluding carboxylic acids is 1. The summed E-state index contributed by atoms with van der Waals surface area (Å²) in [6.07, 6.45) is 8.26. The van der Waals surface area contributed by atoms with E-state index < -0.39 is 0 Å². The van der Waals surface area contributed by atoms with Gasteiger partial charge in [-0.15, -0.1) is 0 Å². The average molecular weight is 255 g/mol. The Hall–Kier alpha value is -2.29. The van der Waals surface area contributed by atoms with Gasteiger partial charge in [0.25, 0.3) is 0 Å². The van der Waals surface area contributed by atoms with Crippen molar-refractivity contribution in [3.05, 3.63) is 59.7 Å². The van der Waals surface area contributed by atoms with Gasteiger partial charge < -0.3 is 10.0 Å². The first-order valence-electron chi connectivity index (χ1n) is 6.16. The van der Waals surface area contributed by atoms with Crippen molar-refractivity contribution < 1.29 is 9.90 Å². The Kier molecular flexibility index (Phi) is 3.85. The molecule has 0 saturated heterocycles.